The number of ether oxygens (including phenoxy) is 2. The summed E-state index contributed by atoms with van der Waals surface area (Å²) < 4.78 is 9.61. The summed E-state index contributed by atoms with van der Waals surface area (Å²) in [6, 6.07) is 30.3. The molecule has 0 aliphatic heterocycles. The molecule has 0 heterocycles. The zero-order chi connectivity index (χ0) is 28.7. The molecule has 207 valence electrons. The van der Waals surface area contributed by atoms with Crippen molar-refractivity contribution in [3.05, 3.63) is 156 Å². The Hall–Kier alpha value is -3.82. The minimum Gasteiger partial charge on any atom is -0.563 e. The van der Waals surface area contributed by atoms with Gasteiger partial charge in [-0.15, -0.1) is 0 Å². The summed E-state index contributed by atoms with van der Waals surface area (Å²) in [6.07, 6.45) is 0. The van der Waals surface area contributed by atoms with Crippen LogP contribution in [0.3, 0.4) is 0 Å². The molecule has 9 heteroatoms. The van der Waals surface area contributed by atoms with Crippen molar-refractivity contribution in [1.82, 2.24) is 0 Å². The van der Waals surface area contributed by atoms with Gasteiger partial charge in [0, 0.05) is 55.0 Å². The number of hydrogen-bond donors (Lipinski definition) is 2. The molecule has 0 bridgehead atoms. The molecule has 0 aliphatic carbocycles. The Morgan fingerprint density at radius 1 is 0.488 bits per heavy atom. The van der Waals surface area contributed by atoms with E-state index >= 15 is 0 Å². The third-order valence-electron chi connectivity index (χ3n) is 5.43. The van der Waals surface area contributed by atoms with E-state index in [9.17, 15) is 19.2 Å². The smallest absolute Gasteiger partial charge is 0.336 e. The number of esters is 2. The van der Waals surface area contributed by atoms with Gasteiger partial charge in [0.25, 0.3) is 0 Å². The van der Waals surface area contributed by atoms with Crippen LogP contribution >= 0.6 is 0 Å². The largest absolute Gasteiger partial charge is 0.563 e. The van der Waals surface area contributed by atoms with E-state index in [-0.39, 0.29) is 79.7 Å². The van der Waals surface area contributed by atoms with Crippen LogP contribution in [0, 0.1) is 13.2 Å². The second-order valence-corrected chi connectivity index (χ2v) is 8.04. The fourth-order valence-electron chi connectivity index (χ4n) is 3.59. The van der Waals surface area contributed by atoms with Gasteiger partial charge in [-0.25, -0.2) is 9.59 Å². The molecule has 0 atom stereocenters. The average molecular weight is 627 g/mol. The van der Waals surface area contributed by atoms with Crippen LogP contribution in [0.1, 0.15) is 52.6 Å². The summed E-state index contributed by atoms with van der Waals surface area (Å²) in [5, 5.41) is 17.1. The second kappa shape index (κ2) is 17.8. The van der Waals surface area contributed by atoms with Crippen molar-refractivity contribution in [2.45, 2.75) is 0 Å². The molecule has 0 aromatic heterocycles. The van der Waals surface area contributed by atoms with Crippen molar-refractivity contribution in [3.8, 4) is 0 Å². The van der Waals surface area contributed by atoms with E-state index in [1.165, 1.54) is 12.1 Å². The summed E-state index contributed by atoms with van der Waals surface area (Å²) >= 11 is 0. The summed E-state index contributed by atoms with van der Waals surface area (Å²) in [7, 11) is 0. The van der Waals surface area contributed by atoms with Gasteiger partial charge in [0.05, 0.1) is 11.1 Å². The summed E-state index contributed by atoms with van der Waals surface area (Å²) in [5.41, 5.74) is 1.93. The van der Waals surface area contributed by atoms with E-state index in [1.807, 2.05) is 12.1 Å². The Kier molecular flexibility index (Phi) is 14.5. The number of benzene rings is 4. The first kappa shape index (κ1) is 33.4. The standard InChI is InChI=1S/2C16H13O4.Y/c2*17-10-11-20-16(19)14-9-5-4-8-13(14)15(18)12-6-2-1-3-7-12;/h2*1-10,17H,11H2;/q2*-1;. The molecule has 0 saturated heterocycles. The third-order valence-corrected chi connectivity index (χ3v) is 5.43. The van der Waals surface area contributed by atoms with E-state index in [0.717, 1.165) is 13.2 Å². The van der Waals surface area contributed by atoms with Crippen LogP contribution < -0.4 is 0 Å². The molecule has 4 rings (SSSR count). The van der Waals surface area contributed by atoms with Crippen LogP contribution in [-0.4, -0.2) is 46.9 Å². The predicted molar refractivity (Wildman–Crippen MR) is 146 cm³/mol. The molecule has 0 amide bonds. The molecule has 4 aromatic rings. The predicted octanol–water partition coefficient (Wildman–Crippen LogP) is 5.21. The number of hydrogen-bond acceptors (Lipinski definition) is 8. The second-order valence-electron chi connectivity index (χ2n) is 8.04. The van der Waals surface area contributed by atoms with Gasteiger partial charge in [-0.3, -0.25) is 9.59 Å². The molecule has 8 nitrogen and oxygen atoms in total. The molecule has 0 aliphatic rings. The maximum atomic E-state index is 12.4. The van der Waals surface area contributed by atoms with Crippen molar-refractivity contribution in [2.24, 2.45) is 0 Å². The van der Waals surface area contributed by atoms with Gasteiger partial charge in [-0.2, -0.15) is 13.2 Å². The van der Waals surface area contributed by atoms with Crippen LogP contribution in [0.15, 0.2) is 109 Å². The van der Waals surface area contributed by atoms with Gasteiger partial charge in [-0.1, -0.05) is 97.1 Å². The quantitative estimate of drug-likeness (QED) is 0.139. The Morgan fingerprint density at radius 3 is 1.10 bits per heavy atom. The van der Waals surface area contributed by atoms with Crippen molar-refractivity contribution >= 4 is 23.5 Å². The molecular formula is C32H26O8Y-2. The normalized spacial score (nSPS) is 9.80. The molecule has 0 saturated carbocycles. The van der Waals surface area contributed by atoms with Crippen LogP contribution in [-0.2, 0) is 42.2 Å². The van der Waals surface area contributed by atoms with Gasteiger partial charge in [0.15, 0.2) is 11.6 Å². The van der Waals surface area contributed by atoms with Gasteiger partial charge >= 0.3 is 11.9 Å². The number of aliphatic hydroxyl groups excluding tert-OH is 2. The van der Waals surface area contributed by atoms with Crippen LogP contribution in [0.25, 0.3) is 0 Å². The van der Waals surface area contributed by atoms with E-state index < -0.39 is 11.9 Å². The first-order chi connectivity index (χ1) is 19.5. The molecule has 41 heavy (non-hydrogen) atoms. The Labute approximate surface area is 262 Å². The van der Waals surface area contributed by atoms with E-state index in [2.05, 4.69) is 0 Å². The maximum absolute atomic E-state index is 12.4. The summed E-state index contributed by atoms with van der Waals surface area (Å²) in [6.45, 7) is 1.04. The van der Waals surface area contributed by atoms with Gasteiger partial charge in [0.2, 0.25) is 0 Å². The van der Waals surface area contributed by atoms with Gasteiger partial charge in [-0.05, 0) is 25.3 Å². The van der Waals surface area contributed by atoms with Crippen LogP contribution in [0.2, 0.25) is 0 Å². The monoisotopic (exact) mass is 627 g/mol. The van der Waals surface area contributed by atoms with E-state index in [1.54, 1.807) is 84.9 Å². The minimum absolute atomic E-state index is 0. The van der Waals surface area contributed by atoms with Crippen molar-refractivity contribution in [3.63, 3.8) is 0 Å². The topological polar surface area (TPSA) is 127 Å². The number of aliphatic hydroxyl groups is 2. The first-order valence-corrected chi connectivity index (χ1v) is 12.1. The van der Waals surface area contributed by atoms with E-state index in [0.29, 0.717) is 11.1 Å². The molecule has 2 N–H and O–H groups in total. The fraction of sp³-hybridized carbons (Fsp3) is 0.0625. The zero-order valence-electron chi connectivity index (χ0n) is 21.9. The number of carbonyl (C=O) groups is 4. The van der Waals surface area contributed by atoms with Gasteiger partial charge in [0.1, 0.15) is 0 Å². The average Bonchev–Trinajstić information content (AvgIpc) is 3.03. The third kappa shape index (κ3) is 9.65. The van der Waals surface area contributed by atoms with Crippen molar-refractivity contribution < 1.29 is 71.6 Å². The Balaban J connectivity index is 0.000000280. The minimum atomic E-state index is -0.643. The number of ketones is 2. The summed E-state index contributed by atoms with van der Waals surface area (Å²) in [5.74, 6) is -1.78. The fourth-order valence-corrected chi connectivity index (χ4v) is 3.59. The Morgan fingerprint density at radius 2 is 0.780 bits per heavy atom. The van der Waals surface area contributed by atoms with Crippen molar-refractivity contribution in [1.29, 1.82) is 0 Å². The Bertz CT molecular complexity index is 1330. The molecule has 1 radical (unpaired) electrons. The van der Waals surface area contributed by atoms with Crippen molar-refractivity contribution in [2.75, 3.05) is 13.2 Å². The maximum Gasteiger partial charge on any atom is 0.336 e. The van der Waals surface area contributed by atoms with Gasteiger partial charge < -0.3 is 19.7 Å². The molecule has 0 fully saturated rings. The van der Waals surface area contributed by atoms with Crippen LogP contribution in [0.5, 0.6) is 0 Å². The molecular weight excluding hydrogens is 601 g/mol. The number of carbonyl (C=O) groups excluding carboxylic acids is 4. The SMILES string of the molecule is O=C(OC[CH-]O)c1ccccc1C(=O)c1ccccc1.O=C(OC[CH-]O)c1ccccc1C(=O)c1ccccc1.[Y]. The zero-order valence-corrected chi connectivity index (χ0v) is 24.7. The van der Waals surface area contributed by atoms with E-state index in [4.69, 9.17) is 19.7 Å². The van der Waals surface area contributed by atoms with Crippen LogP contribution in [0.4, 0.5) is 0 Å². The molecule has 4 aromatic carbocycles. The molecule has 0 spiro atoms. The molecule has 0 unspecified atom stereocenters. The number of rotatable bonds is 10. The first-order valence-electron chi connectivity index (χ1n) is 12.1. The summed E-state index contributed by atoms with van der Waals surface area (Å²) in [4.78, 5) is 48.5.